The van der Waals surface area contributed by atoms with Gasteiger partial charge >= 0.3 is 12.4 Å². The average molecular weight is 1050 g/mol. The zero-order chi connectivity index (χ0) is 51.8. The zero-order valence-corrected chi connectivity index (χ0v) is 39.7. The van der Waals surface area contributed by atoms with Crippen LogP contribution in [0.5, 0.6) is 0 Å². The summed E-state index contributed by atoms with van der Waals surface area (Å²) in [5.41, 5.74) is -1.39. The minimum atomic E-state index is -4.72. The van der Waals surface area contributed by atoms with E-state index in [0.29, 0.717) is 36.1 Å². The Hall–Kier alpha value is -6.74. The molecular weight excluding hydrogens is 1020 g/mol. The van der Waals surface area contributed by atoms with Crippen molar-refractivity contribution in [2.24, 2.45) is 20.5 Å². The van der Waals surface area contributed by atoms with Crippen molar-refractivity contribution in [3.63, 3.8) is 0 Å². The molecule has 5 aromatic rings. The van der Waals surface area contributed by atoms with Crippen LogP contribution in [0, 0.1) is 0 Å². The summed E-state index contributed by atoms with van der Waals surface area (Å²) in [5.74, 6) is -4.96. The van der Waals surface area contributed by atoms with Gasteiger partial charge in [0.15, 0.2) is 11.6 Å². The van der Waals surface area contributed by atoms with E-state index in [-0.39, 0.29) is 55.3 Å². The van der Waals surface area contributed by atoms with Crippen LogP contribution in [0.25, 0.3) is 0 Å². The van der Waals surface area contributed by atoms with Crippen LogP contribution < -0.4 is 21.3 Å². The minimum absolute atomic E-state index is 0.0663. The van der Waals surface area contributed by atoms with Crippen LogP contribution >= 0.6 is 46.4 Å². The number of hydrogen-bond donors (Lipinski definition) is 4. The van der Waals surface area contributed by atoms with Gasteiger partial charge < -0.3 is 21.3 Å². The highest BCUT2D eigenvalue weighted by atomic mass is 35.5. The van der Waals surface area contributed by atoms with Gasteiger partial charge in [-0.05, 0) is 111 Å². The number of amides is 4. The van der Waals surface area contributed by atoms with E-state index in [1.54, 1.807) is 13.8 Å². The largest absolute Gasteiger partial charge is 0.417 e. The number of Topliss-reactive ketones (excluding diaryl/α,β-unsaturated/α-hetero) is 2. The van der Waals surface area contributed by atoms with Crippen molar-refractivity contribution in [1.29, 1.82) is 0 Å². The molecule has 0 heterocycles. The fourth-order valence-corrected chi connectivity index (χ4v) is 7.68. The first kappa shape index (κ1) is 54.2. The van der Waals surface area contributed by atoms with Crippen molar-refractivity contribution in [3.05, 3.63) is 138 Å². The molecule has 0 radical (unpaired) electrons. The molecule has 0 fully saturated rings. The molecule has 2 unspecified atom stereocenters. The van der Waals surface area contributed by atoms with Crippen LogP contribution in [0.15, 0.2) is 105 Å². The number of carbonyl (C=O) groups excluding carboxylic acids is 6. The Balaban J connectivity index is 1.30. The third kappa shape index (κ3) is 13.1. The summed E-state index contributed by atoms with van der Waals surface area (Å²) < 4.78 is 78.9. The van der Waals surface area contributed by atoms with E-state index in [4.69, 9.17) is 46.4 Å². The smallest absolute Gasteiger partial charge is 0.323 e. The van der Waals surface area contributed by atoms with E-state index in [1.807, 2.05) is 0 Å². The molecule has 2 atom stereocenters. The van der Waals surface area contributed by atoms with Gasteiger partial charge in [0, 0.05) is 22.7 Å². The van der Waals surface area contributed by atoms with Gasteiger partial charge in [0.2, 0.25) is 12.1 Å². The van der Waals surface area contributed by atoms with Crippen molar-refractivity contribution < 1.29 is 55.1 Å². The highest BCUT2D eigenvalue weighted by Gasteiger charge is 2.34. The van der Waals surface area contributed by atoms with Crippen LogP contribution in [-0.2, 0) is 44.4 Å². The fraction of sp³-hybridized carbons (Fsp3) is 0.217. The number of azo groups is 2. The number of ketones is 2. The lowest BCUT2D eigenvalue weighted by Gasteiger charge is -2.20. The number of nitrogens with one attached hydrogen (secondary N) is 4. The maximum absolute atomic E-state index is 13.6. The number of nitrogens with zero attached hydrogens (tertiary/aromatic N) is 4. The minimum Gasteiger partial charge on any atom is -0.323 e. The Kier molecular flexibility index (Phi) is 17.6. The highest BCUT2D eigenvalue weighted by molar-refractivity contribution is 6.37. The molecule has 0 spiro atoms. The lowest BCUT2D eigenvalue weighted by Crippen LogP contribution is -2.33. The van der Waals surface area contributed by atoms with E-state index in [2.05, 4.69) is 41.7 Å². The maximum atomic E-state index is 13.6. The molecule has 5 rings (SSSR count). The van der Waals surface area contributed by atoms with Crippen molar-refractivity contribution in [2.45, 2.75) is 65.0 Å². The van der Waals surface area contributed by atoms with Gasteiger partial charge in [-0.1, -0.05) is 72.4 Å². The number of alkyl halides is 6. The number of rotatable bonds is 16. The normalized spacial score (nSPS) is 12.7. The van der Waals surface area contributed by atoms with Crippen molar-refractivity contribution in [3.8, 4) is 0 Å². The van der Waals surface area contributed by atoms with Crippen molar-refractivity contribution in [2.75, 3.05) is 21.3 Å². The van der Waals surface area contributed by atoms with Crippen molar-refractivity contribution >= 4 is 116 Å². The first-order valence-corrected chi connectivity index (χ1v) is 21.9. The molecule has 0 aliphatic rings. The molecule has 4 N–H and O–H groups in total. The molecule has 4 amide bonds. The zero-order valence-electron chi connectivity index (χ0n) is 36.7. The Morgan fingerprint density at radius 3 is 1.19 bits per heavy atom. The molecule has 24 heteroatoms. The van der Waals surface area contributed by atoms with Gasteiger partial charge in [0.1, 0.15) is 11.4 Å². The average Bonchev–Trinajstić information content (AvgIpc) is 3.26. The van der Waals surface area contributed by atoms with E-state index in [9.17, 15) is 55.1 Å². The summed E-state index contributed by atoms with van der Waals surface area (Å²) in [6.07, 6.45) is -8.85. The monoisotopic (exact) mass is 1050 g/mol. The second-order valence-corrected chi connectivity index (χ2v) is 16.4. The third-order valence-electron chi connectivity index (χ3n) is 9.99. The molecule has 70 heavy (non-hydrogen) atoms. The van der Waals surface area contributed by atoms with E-state index >= 15 is 0 Å². The molecule has 0 bridgehead atoms. The number of carbonyl (C=O) groups is 6. The van der Waals surface area contributed by atoms with Gasteiger partial charge in [0.05, 0.1) is 42.3 Å². The quantitative estimate of drug-likeness (QED) is 0.0430. The molecule has 366 valence electrons. The number of benzene rings is 5. The summed E-state index contributed by atoms with van der Waals surface area (Å²) in [6.45, 7) is 5.71. The summed E-state index contributed by atoms with van der Waals surface area (Å²) in [6, 6.07) is 12.7. The van der Waals surface area contributed by atoms with Gasteiger partial charge in [-0.15, -0.1) is 0 Å². The standard InChI is InChI=1S/C46H36Cl4F6N8O6/c1-5-25-26(6-2)34(60-44(70)40(22(4)66)64-62-36-12-8-10-28(38(36)50)42(68)58-24-14-16-30(32(48)20-24)46(54,55)56)18-17-33(25)59-43(69)39(21(3)65)63-61-35-11-7-9-27(37(35)49)41(67)57-23-13-15-29(31(47)19-23)45(51,52)53/h7-20,39-40H,5-6H2,1-4H3,(H,57,67)(H,58,68)(H,59,69)(H,60,70). The molecule has 0 aliphatic heterocycles. The lowest BCUT2D eigenvalue weighted by atomic mass is 9.98. The number of hydrogen-bond acceptors (Lipinski definition) is 10. The number of anilines is 4. The van der Waals surface area contributed by atoms with Gasteiger partial charge in [-0.3, -0.25) is 28.8 Å². The topological polar surface area (TPSA) is 200 Å². The Bertz CT molecular complexity index is 2770. The third-order valence-corrected chi connectivity index (χ3v) is 11.4. The predicted octanol–water partition coefficient (Wildman–Crippen LogP) is 13.3. The summed E-state index contributed by atoms with van der Waals surface area (Å²) in [4.78, 5) is 78.7. The Morgan fingerprint density at radius 2 is 0.886 bits per heavy atom. The fourth-order valence-electron chi connectivity index (χ4n) is 6.60. The molecule has 14 nitrogen and oxygen atoms in total. The molecule has 0 aromatic heterocycles. The second-order valence-electron chi connectivity index (χ2n) is 14.8. The highest BCUT2D eigenvalue weighted by Crippen LogP contribution is 2.38. The van der Waals surface area contributed by atoms with Crippen LogP contribution in [0.1, 0.15) is 70.7 Å². The second kappa shape index (κ2) is 22.8. The van der Waals surface area contributed by atoms with Crippen LogP contribution in [0.3, 0.4) is 0 Å². The summed E-state index contributed by atoms with van der Waals surface area (Å²) >= 11 is 24.4. The molecule has 5 aromatic carbocycles. The molecule has 0 aliphatic carbocycles. The Morgan fingerprint density at radius 1 is 0.529 bits per heavy atom. The Labute approximate surface area is 414 Å². The van der Waals surface area contributed by atoms with E-state index in [0.717, 1.165) is 38.1 Å². The van der Waals surface area contributed by atoms with E-state index < -0.39 is 80.8 Å². The van der Waals surface area contributed by atoms with Crippen LogP contribution in [0.2, 0.25) is 20.1 Å². The molecule has 0 saturated carbocycles. The number of halogens is 10. The first-order valence-electron chi connectivity index (χ1n) is 20.4. The van der Waals surface area contributed by atoms with E-state index in [1.165, 1.54) is 48.5 Å². The first-order chi connectivity index (χ1) is 32.9. The summed E-state index contributed by atoms with van der Waals surface area (Å²) in [5, 5.41) is 24.0. The SMILES string of the molecule is CCc1c(NC(=O)C(N=Nc2cccc(C(=O)Nc3ccc(C(F)(F)F)c(Cl)c3)c2Cl)C(C)=O)ccc(NC(=O)C(N=Nc2cccc(C(=O)Nc3ccc(C(F)(F)F)c(Cl)c3)c2Cl)C(C)=O)c1CC. The van der Waals surface area contributed by atoms with Crippen molar-refractivity contribution in [1.82, 2.24) is 0 Å². The summed E-state index contributed by atoms with van der Waals surface area (Å²) in [7, 11) is 0. The molecular formula is C46H36Cl4F6N8O6. The van der Waals surface area contributed by atoms with Gasteiger partial charge in [-0.25, -0.2) is 0 Å². The van der Waals surface area contributed by atoms with Crippen LogP contribution in [-0.4, -0.2) is 47.3 Å². The lowest BCUT2D eigenvalue weighted by molar-refractivity contribution is -0.138. The molecule has 0 saturated heterocycles. The van der Waals surface area contributed by atoms with Crippen LogP contribution in [0.4, 0.5) is 60.5 Å². The maximum Gasteiger partial charge on any atom is 0.417 e. The predicted molar refractivity (Wildman–Crippen MR) is 252 cm³/mol. The van der Waals surface area contributed by atoms with Gasteiger partial charge in [-0.2, -0.15) is 46.8 Å². The van der Waals surface area contributed by atoms with Gasteiger partial charge in [0.25, 0.3) is 23.6 Å².